The maximum absolute atomic E-state index is 6.31. The zero-order valence-corrected chi connectivity index (χ0v) is 33.2. The van der Waals surface area contributed by atoms with Crippen LogP contribution in [0.15, 0.2) is 235 Å². The number of para-hydroxylation sites is 4. The molecule has 286 valence electrons. The van der Waals surface area contributed by atoms with E-state index in [1.807, 2.05) is 12.1 Å². The van der Waals surface area contributed by atoms with Crippen molar-refractivity contribution in [1.29, 1.82) is 0 Å². The first-order chi connectivity index (χ1) is 30.3. The lowest BCUT2D eigenvalue weighted by Gasteiger charge is -2.28. The van der Waals surface area contributed by atoms with Gasteiger partial charge in [-0.25, -0.2) is 0 Å². The fourth-order valence-corrected chi connectivity index (χ4v) is 9.45. The minimum atomic E-state index is 0.879. The van der Waals surface area contributed by atoms with Crippen molar-refractivity contribution in [2.24, 2.45) is 0 Å². The second kappa shape index (κ2) is 14.3. The summed E-state index contributed by atoms with van der Waals surface area (Å²) in [4.78, 5) is 4.74. The fourth-order valence-electron chi connectivity index (χ4n) is 9.45. The topological polar surface area (TPSA) is 19.6 Å². The van der Waals surface area contributed by atoms with E-state index >= 15 is 0 Å². The normalized spacial score (nSPS) is 11.6. The molecule has 0 saturated heterocycles. The van der Waals surface area contributed by atoms with Gasteiger partial charge in [-0.2, -0.15) is 0 Å². The third kappa shape index (κ3) is 5.82. The zero-order valence-electron chi connectivity index (χ0n) is 33.2. The Labute approximate surface area is 353 Å². The lowest BCUT2D eigenvalue weighted by molar-refractivity contribution is 0.669. The van der Waals surface area contributed by atoms with Gasteiger partial charge >= 0.3 is 0 Å². The van der Waals surface area contributed by atoms with Crippen LogP contribution in [0.4, 0.5) is 34.1 Å². The van der Waals surface area contributed by atoms with Crippen molar-refractivity contribution in [2.45, 2.75) is 0 Å². The smallest absolute Gasteiger partial charge is 0.135 e. The van der Waals surface area contributed by atoms with E-state index in [9.17, 15) is 0 Å². The lowest BCUT2D eigenvalue weighted by atomic mass is 9.90. The standard InChI is InChI=1S/C58H38N2O/c1-4-16-39(17-5-1)46-22-12-14-26-55(46)60(45-31-35-57-54(38-45)50-24-13-15-27-56(50)61-57)44-30-34-49-52-32-28-40-36-43(59(41-18-6-2-7-19-41)42-20-8-3-9-21-42)29-33-47(40)58(52)51-25-11-10-23-48(51)53(49)37-44/h1-38H. The monoisotopic (exact) mass is 778 g/mol. The molecule has 11 aromatic carbocycles. The van der Waals surface area contributed by atoms with Crippen LogP contribution >= 0.6 is 0 Å². The SMILES string of the molecule is c1ccc(-c2ccccc2N(c2ccc3oc4ccccc4c3c2)c2ccc3c(c2)c2ccccc2c2c4ccc(N(c5ccccc5)c5ccccc5)cc4ccc32)cc1. The second-order valence-electron chi connectivity index (χ2n) is 15.7. The number of furan rings is 1. The molecular formula is C58H38N2O. The molecule has 1 heterocycles. The summed E-state index contributed by atoms with van der Waals surface area (Å²) in [7, 11) is 0. The molecule has 0 amide bonds. The molecule has 12 aromatic rings. The van der Waals surface area contributed by atoms with Crippen molar-refractivity contribution in [3.05, 3.63) is 231 Å². The third-order valence-corrected chi connectivity index (χ3v) is 12.2. The van der Waals surface area contributed by atoms with E-state index in [0.29, 0.717) is 0 Å². The van der Waals surface area contributed by atoms with Crippen molar-refractivity contribution >= 4 is 99.2 Å². The Kier molecular flexibility index (Phi) is 8.17. The van der Waals surface area contributed by atoms with Gasteiger partial charge in [0.05, 0.1) is 5.69 Å². The van der Waals surface area contributed by atoms with Gasteiger partial charge in [-0.1, -0.05) is 152 Å². The molecule has 0 fully saturated rings. The Morgan fingerprint density at radius 1 is 0.279 bits per heavy atom. The summed E-state index contributed by atoms with van der Waals surface area (Å²) in [5.41, 5.74) is 10.7. The van der Waals surface area contributed by atoms with E-state index in [1.165, 1.54) is 48.7 Å². The molecule has 61 heavy (non-hydrogen) atoms. The first-order valence-corrected chi connectivity index (χ1v) is 20.8. The summed E-state index contributed by atoms with van der Waals surface area (Å²) < 4.78 is 6.31. The molecule has 0 aliphatic carbocycles. The van der Waals surface area contributed by atoms with Crippen LogP contribution in [0.1, 0.15) is 0 Å². The minimum Gasteiger partial charge on any atom is -0.456 e. The average molecular weight is 779 g/mol. The molecule has 0 bridgehead atoms. The predicted octanol–water partition coefficient (Wildman–Crippen LogP) is 16.8. The van der Waals surface area contributed by atoms with Gasteiger partial charge in [-0.15, -0.1) is 0 Å². The quantitative estimate of drug-likeness (QED) is 0.150. The maximum Gasteiger partial charge on any atom is 0.135 e. The highest BCUT2D eigenvalue weighted by Crippen LogP contribution is 2.46. The Hall–Kier alpha value is -8.14. The van der Waals surface area contributed by atoms with E-state index in [0.717, 1.165) is 61.6 Å². The van der Waals surface area contributed by atoms with Crippen LogP contribution in [0.2, 0.25) is 0 Å². The molecule has 12 rings (SSSR count). The van der Waals surface area contributed by atoms with Crippen LogP contribution in [0.3, 0.4) is 0 Å². The van der Waals surface area contributed by atoms with E-state index in [2.05, 4.69) is 228 Å². The van der Waals surface area contributed by atoms with Crippen LogP contribution in [0, 0.1) is 0 Å². The molecule has 3 nitrogen and oxygen atoms in total. The summed E-state index contributed by atoms with van der Waals surface area (Å²) in [6, 6.07) is 83.0. The number of fused-ring (bicyclic) bond motifs is 11. The summed E-state index contributed by atoms with van der Waals surface area (Å²) in [6.45, 7) is 0. The number of anilines is 6. The molecule has 0 N–H and O–H groups in total. The van der Waals surface area contributed by atoms with E-state index in [-0.39, 0.29) is 0 Å². The number of benzene rings is 11. The van der Waals surface area contributed by atoms with E-state index in [4.69, 9.17) is 4.42 Å². The van der Waals surface area contributed by atoms with Crippen molar-refractivity contribution in [1.82, 2.24) is 0 Å². The predicted molar refractivity (Wildman–Crippen MR) is 259 cm³/mol. The lowest BCUT2D eigenvalue weighted by Crippen LogP contribution is -2.11. The number of nitrogens with zero attached hydrogens (tertiary/aromatic N) is 2. The van der Waals surface area contributed by atoms with Gasteiger partial charge in [-0.3, -0.25) is 0 Å². The fraction of sp³-hybridized carbons (Fsp3) is 0. The van der Waals surface area contributed by atoms with Gasteiger partial charge in [0.2, 0.25) is 0 Å². The van der Waals surface area contributed by atoms with Gasteiger partial charge in [0.25, 0.3) is 0 Å². The van der Waals surface area contributed by atoms with E-state index in [1.54, 1.807) is 0 Å². The maximum atomic E-state index is 6.31. The number of hydrogen-bond donors (Lipinski definition) is 0. The van der Waals surface area contributed by atoms with Crippen LogP contribution in [-0.2, 0) is 0 Å². The van der Waals surface area contributed by atoms with Crippen LogP contribution in [0.5, 0.6) is 0 Å². The summed E-state index contributed by atoms with van der Waals surface area (Å²) in [5.74, 6) is 0. The van der Waals surface area contributed by atoms with Gasteiger partial charge in [0, 0.05) is 44.8 Å². The minimum absolute atomic E-state index is 0.879. The van der Waals surface area contributed by atoms with Crippen molar-refractivity contribution in [3.63, 3.8) is 0 Å². The van der Waals surface area contributed by atoms with Gasteiger partial charge in [0.1, 0.15) is 11.2 Å². The first kappa shape index (κ1) is 34.9. The van der Waals surface area contributed by atoms with Crippen LogP contribution in [0.25, 0.3) is 76.2 Å². The van der Waals surface area contributed by atoms with Crippen LogP contribution < -0.4 is 9.80 Å². The first-order valence-electron chi connectivity index (χ1n) is 20.8. The molecule has 1 aromatic heterocycles. The van der Waals surface area contributed by atoms with Gasteiger partial charge in [-0.05, 0) is 128 Å². The highest BCUT2D eigenvalue weighted by molar-refractivity contribution is 6.32. The summed E-state index contributed by atoms with van der Waals surface area (Å²) in [6.07, 6.45) is 0. The Morgan fingerprint density at radius 2 is 0.787 bits per heavy atom. The number of rotatable bonds is 7. The molecule has 0 atom stereocenters. The molecule has 0 unspecified atom stereocenters. The highest BCUT2D eigenvalue weighted by atomic mass is 16.3. The largest absolute Gasteiger partial charge is 0.456 e. The van der Waals surface area contributed by atoms with Crippen LogP contribution in [-0.4, -0.2) is 0 Å². The second-order valence-corrected chi connectivity index (χ2v) is 15.7. The Balaban J connectivity index is 1.07. The Bertz CT molecular complexity index is 3540. The molecule has 0 aliphatic rings. The molecule has 0 saturated carbocycles. The average Bonchev–Trinajstić information content (AvgIpc) is 3.71. The van der Waals surface area contributed by atoms with Gasteiger partial charge < -0.3 is 14.2 Å². The molecule has 0 spiro atoms. The highest BCUT2D eigenvalue weighted by Gasteiger charge is 2.21. The van der Waals surface area contributed by atoms with Crippen molar-refractivity contribution in [3.8, 4) is 11.1 Å². The third-order valence-electron chi connectivity index (χ3n) is 12.2. The molecule has 0 radical (unpaired) electrons. The molecule has 0 aliphatic heterocycles. The molecular weight excluding hydrogens is 741 g/mol. The molecule has 3 heteroatoms. The van der Waals surface area contributed by atoms with Gasteiger partial charge in [0.15, 0.2) is 0 Å². The van der Waals surface area contributed by atoms with Crippen molar-refractivity contribution in [2.75, 3.05) is 9.80 Å². The van der Waals surface area contributed by atoms with Crippen molar-refractivity contribution < 1.29 is 4.42 Å². The number of hydrogen-bond acceptors (Lipinski definition) is 3. The summed E-state index contributed by atoms with van der Waals surface area (Å²) in [5, 5.41) is 12.1. The summed E-state index contributed by atoms with van der Waals surface area (Å²) >= 11 is 0. The van der Waals surface area contributed by atoms with E-state index < -0.39 is 0 Å². The zero-order chi connectivity index (χ0) is 40.3. The Morgan fingerprint density at radius 3 is 1.54 bits per heavy atom.